The molecule has 0 atom stereocenters. The van der Waals surface area contributed by atoms with Gasteiger partial charge in [-0.1, -0.05) is 0 Å². The van der Waals surface area contributed by atoms with Gasteiger partial charge in [0.1, 0.15) is 6.54 Å². The number of amides is 1. The first kappa shape index (κ1) is 16.8. The summed E-state index contributed by atoms with van der Waals surface area (Å²) in [5.41, 5.74) is -1.01. The molecule has 1 rings (SSSR count). The van der Waals surface area contributed by atoms with E-state index in [-0.39, 0.29) is 19.1 Å². The Bertz CT molecular complexity index is 423. The molecule has 1 heterocycles. The monoisotopic (exact) mass is 311 g/mol. The molecule has 2 N–H and O–H groups in total. The Morgan fingerprint density at radius 1 is 1.45 bits per heavy atom. The Balaban J connectivity index is 2.24. The van der Waals surface area contributed by atoms with Crippen LogP contribution in [0.15, 0.2) is 12.3 Å². The number of aliphatic hydroxyl groups excluding tert-OH is 1. The predicted molar refractivity (Wildman–Crippen MR) is 69.3 cm³/mol. The molecule has 0 spiro atoms. The van der Waals surface area contributed by atoms with Crippen LogP contribution in [0.1, 0.15) is 12.1 Å². The first-order chi connectivity index (χ1) is 9.43. The molecule has 114 valence electrons. The number of hydrogen-bond acceptors (Lipinski definition) is 4. The lowest BCUT2D eigenvalue weighted by Crippen LogP contribution is -2.29. The summed E-state index contributed by atoms with van der Waals surface area (Å²) >= 11 is 1.59. The fourth-order valence-corrected chi connectivity index (χ4v) is 2.12. The van der Waals surface area contributed by atoms with Crippen LogP contribution in [-0.2, 0) is 17.5 Å². The summed E-state index contributed by atoms with van der Waals surface area (Å²) in [6.07, 6.45) is -2.67. The zero-order chi connectivity index (χ0) is 15.0. The van der Waals surface area contributed by atoms with Crippen molar-refractivity contribution in [2.75, 3.05) is 24.7 Å². The van der Waals surface area contributed by atoms with E-state index in [2.05, 4.69) is 10.4 Å². The molecule has 0 radical (unpaired) electrons. The Morgan fingerprint density at radius 3 is 2.80 bits per heavy atom. The number of thioether (sulfide) groups is 1. The Hall–Kier alpha value is -1.22. The number of aliphatic hydroxyl groups is 1. The van der Waals surface area contributed by atoms with E-state index in [0.717, 1.165) is 22.7 Å². The highest BCUT2D eigenvalue weighted by molar-refractivity contribution is 7.99. The van der Waals surface area contributed by atoms with E-state index in [1.54, 1.807) is 11.8 Å². The maximum Gasteiger partial charge on any atom is 0.435 e. The Labute approximate surface area is 118 Å². The number of hydrogen-bond donors (Lipinski definition) is 2. The van der Waals surface area contributed by atoms with E-state index in [1.165, 1.54) is 0 Å². The quantitative estimate of drug-likeness (QED) is 0.706. The van der Waals surface area contributed by atoms with Crippen LogP contribution in [-0.4, -0.2) is 45.5 Å². The first-order valence-corrected chi connectivity index (χ1v) is 7.15. The zero-order valence-electron chi connectivity index (χ0n) is 10.7. The average molecular weight is 311 g/mol. The van der Waals surface area contributed by atoms with Gasteiger partial charge >= 0.3 is 6.18 Å². The lowest BCUT2D eigenvalue weighted by molar-refractivity contribution is -0.141. The lowest BCUT2D eigenvalue weighted by Gasteiger charge is -2.05. The largest absolute Gasteiger partial charge is 0.435 e. The number of carbonyl (C=O) groups excluding carboxylic acids is 1. The minimum Gasteiger partial charge on any atom is -0.396 e. The van der Waals surface area contributed by atoms with Crippen molar-refractivity contribution >= 4 is 17.7 Å². The van der Waals surface area contributed by atoms with Crippen molar-refractivity contribution in [2.24, 2.45) is 0 Å². The molecule has 0 unspecified atom stereocenters. The molecule has 20 heavy (non-hydrogen) atoms. The van der Waals surface area contributed by atoms with Crippen LogP contribution in [0.4, 0.5) is 13.2 Å². The van der Waals surface area contributed by atoms with Crippen molar-refractivity contribution in [3.05, 3.63) is 18.0 Å². The SMILES string of the molecule is O=C(Cn1ccc(C(F)(F)F)n1)NCCSCCCO. The molecule has 0 aliphatic carbocycles. The van der Waals surface area contributed by atoms with Crippen LogP contribution in [0.5, 0.6) is 0 Å². The third kappa shape index (κ3) is 6.29. The summed E-state index contributed by atoms with van der Waals surface area (Å²) in [6.45, 7) is 0.333. The Kier molecular flexibility index (Phi) is 6.86. The van der Waals surface area contributed by atoms with Gasteiger partial charge in [0.05, 0.1) is 0 Å². The molecule has 0 aliphatic rings. The smallest absolute Gasteiger partial charge is 0.396 e. The van der Waals surface area contributed by atoms with E-state index >= 15 is 0 Å². The van der Waals surface area contributed by atoms with E-state index < -0.39 is 11.9 Å². The van der Waals surface area contributed by atoms with E-state index in [1.807, 2.05) is 0 Å². The molecule has 0 aromatic carbocycles. The van der Waals surface area contributed by atoms with Gasteiger partial charge in [-0.05, 0) is 18.2 Å². The van der Waals surface area contributed by atoms with E-state index in [9.17, 15) is 18.0 Å². The summed E-state index contributed by atoms with van der Waals surface area (Å²) in [7, 11) is 0. The highest BCUT2D eigenvalue weighted by Gasteiger charge is 2.33. The summed E-state index contributed by atoms with van der Waals surface area (Å²) in [5.74, 6) is 1.11. The van der Waals surface area contributed by atoms with Gasteiger partial charge in [0.2, 0.25) is 5.91 Å². The molecule has 0 fully saturated rings. The number of nitrogens with zero attached hydrogens (tertiary/aromatic N) is 2. The molecule has 0 saturated heterocycles. The van der Waals surface area contributed by atoms with Gasteiger partial charge < -0.3 is 10.4 Å². The molecule has 1 aromatic rings. The molecule has 1 aromatic heterocycles. The normalized spacial score (nSPS) is 11.6. The standard InChI is InChI=1S/C11H16F3N3O2S/c12-11(13,14)9-2-4-17(16-9)8-10(19)15-3-7-20-6-1-5-18/h2,4,18H,1,3,5-8H2,(H,15,19). The zero-order valence-corrected chi connectivity index (χ0v) is 11.5. The van der Waals surface area contributed by atoms with Gasteiger partial charge in [-0.25, -0.2) is 0 Å². The van der Waals surface area contributed by atoms with Crippen LogP contribution in [0.3, 0.4) is 0 Å². The molecule has 0 saturated carbocycles. The van der Waals surface area contributed by atoms with Crippen molar-refractivity contribution < 1.29 is 23.1 Å². The minimum absolute atomic E-state index is 0.139. The number of nitrogens with one attached hydrogen (secondary N) is 1. The maximum atomic E-state index is 12.3. The molecule has 0 bridgehead atoms. The van der Waals surface area contributed by atoms with Gasteiger partial charge in [-0.3, -0.25) is 9.48 Å². The van der Waals surface area contributed by atoms with Crippen molar-refractivity contribution in [2.45, 2.75) is 19.1 Å². The molecule has 9 heteroatoms. The minimum atomic E-state index is -4.49. The predicted octanol–water partition coefficient (Wildman–Crippen LogP) is 1.13. The van der Waals surface area contributed by atoms with Crippen LogP contribution in [0.25, 0.3) is 0 Å². The third-order valence-corrected chi connectivity index (χ3v) is 3.32. The van der Waals surface area contributed by atoms with Gasteiger partial charge in [-0.15, -0.1) is 0 Å². The number of carbonyl (C=O) groups is 1. The maximum absolute atomic E-state index is 12.3. The van der Waals surface area contributed by atoms with Crippen molar-refractivity contribution in [3.8, 4) is 0 Å². The molecule has 0 aliphatic heterocycles. The number of rotatable bonds is 8. The molecular weight excluding hydrogens is 295 g/mol. The molecule has 5 nitrogen and oxygen atoms in total. The highest BCUT2D eigenvalue weighted by Crippen LogP contribution is 2.27. The van der Waals surface area contributed by atoms with Crippen LogP contribution in [0, 0.1) is 0 Å². The fraction of sp³-hybridized carbons (Fsp3) is 0.636. The van der Waals surface area contributed by atoms with Gasteiger partial charge in [0.15, 0.2) is 5.69 Å². The van der Waals surface area contributed by atoms with Crippen molar-refractivity contribution in [1.82, 2.24) is 15.1 Å². The number of alkyl halides is 3. The molecular formula is C11H16F3N3O2S. The van der Waals surface area contributed by atoms with Gasteiger partial charge in [0.25, 0.3) is 0 Å². The first-order valence-electron chi connectivity index (χ1n) is 5.99. The summed E-state index contributed by atoms with van der Waals surface area (Å²) in [5, 5.41) is 14.4. The third-order valence-electron chi connectivity index (χ3n) is 2.25. The average Bonchev–Trinajstić information content (AvgIpc) is 2.82. The second kappa shape index (κ2) is 8.15. The fourth-order valence-electron chi connectivity index (χ4n) is 1.34. The van der Waals surface area contributed by atoms with Crippen LogP contribution in [0.2, 0.25) is 0 Å². The van der Waals surface area contributed by atoms with E-state index in [0.29, 0.717) is 18.7 Å². The summed E-state index contributed by atoms with van der Waals surface area (Å²) in [6, 6.07) is 0.831. The summed E-state index contributed by atoms with van der Waals surface area (Å²) < 4.78 is 37.8. The summed E-state index contributed by atoms with van der Waals surface area (Å²) in [4.78, 5) is 11.5. The number of halogens is 3. The number of aromatic nitrogens is 2. The lowest BCUT2D eigenvalue weighted by atomic mass is 10.4. The van der Waals surface area contributed by atoms with E-state index in [4.69, 9.17) is 5.11 Å². The van der Waals surface area contributed by atoms with Crippen LogP contribution < -0.4 is 5.32 Å². The highest BCUT2D eigenvalue weighted by atomic mass is 32.2. The van der Waals surface area contributed by atoms with Crippen LogP contribution >= 0.6 is 11.8 Å². The molecule has 1 amide bonds. The van der Waals surface area contributed by atoms with Gasteiger partial charge in [0, 0.05) is 25.1 Å². The second-order valence-electron chi connectivity index (χ2n) is 3.94. The second-order valence-corrected chi connectivity index (χ2v) is 5.16. The Morgan fingerprint density at radius 2 is 2.20 bits per heavy atom. The topological polar surface area (TPSA) is 67.2 Å². The van der Waals surface area contributed by atoms with Crippen molar-refractivity contribution in [3.63, 3.8) is 0 Å². The van der Waals surface area contributed by atoms with Crippen molar-refractivity contribution in [1.29, 1.82) is 0 Å². The van der Waals surface area contributed by atoms with Gasteiger partial charge in [-0.2, -0.15) is 30.0 Å².